The van der Waals surface area contributed by atoms with Crippen LogP contribution in [0.15, 0.2) is 76.2 Å². The molecule has 0 radical (unpaired) electrons. The van der Waals surface area contributed by atoms with Crippen LogP contribution in [0.25, 0.3) is 11.0 Å². The number of amides is 1. The monoisotopic (exact) mass is 412 g/mol. The second kappa shape index (κ2) is 7.40. The minimum absolute atomic E-state index is 0.0954. The Morgan fingerprint density at radius 2 is 1.97 bits per heavy atom. The molecule has 31 heavy (non-hydrogen) atoms. The number of pyridine rings is 1. The molecule has 2 aromatic heterocycles. The fourth-order valence-corrected chi connectivity index (χ4v) is 4.14. The zero-order valence-corrected chi connectivity index (χ0v) is 17.2. The van der Waals surface area contributed by atoms with Crippen LogP contribution in [0.3, 0.4) is 0 Å². The Hall–Kier alpha value is -3.93. The van der Waals surface area contributed by atoms with E-state index in [1.165, 1.54) is 0 Å². The molecule has 0 saturated carbocycles. The van der Waals surface area contributed by atoms with Crippen LogP contribution in [-0.4, -0.2) is 22.9 Å². The fraction of sp³-hybridized carbons (Fsp3) is 0.160. The molecular formula is C25H20N2O4. The molecule has 2 aromatic carbocycles. The highest BCUT2D eigenvalue weighted by atomic mass is 16.5. The lowest BCUT2D eigenvalue weighted by Crippen LogP contribution is -2.29. The zero-order valence-electron chi connectivity index (χ0n) is 17.2. The number of methoxy groups -OCH3 is 1. The maximum atomic E-state index is 13.6. The third kappa shape index (κ3) is 3.17. The summed E-state index contributed by atoms with van der Waals surface area (Å²) in [5.41, 5.74) is 3.19. The van der Waals surface area contributed by atoms with Crippen molar-refractivity contribution < 1.29 is 13.9 Å². The molecule has 0 N–H and O–H groups in total. The first-order chi connectivity index (χ1) is 15.1. The molecule has 1 amide bonds. The molecule has 4 aromatic rings. The number of hydrogen-bond donors (Lipinski definition) is 0. The number of fused-ring (bicyclic) bond motifs is 2. The van der Waals surface area contributed by atoms with Crippen molar-refractivity contribution in [3.05, 3.63) is 105 Å². The van der Waals surface area contributed by atoms with Crippen LogP contribution in [0.4, 0.5) is 0 Å². The summed E-state index contributed by atoms with van der Waals surface area (Å²) >= 11 is 0. The Bertz CT molecular complexity index is 1360. The van der Waals surface area contributed by atoms with Gasteiger partial charge in [0.1, 0.15) is 11.3 Å². The Kier molecular flexibility index (Phi) is 4.55. The SMILES string of the molecule is COc1cccc(C2c3c(oc4ccc(C)cc4c3=O)C(=O)N2Cc2cccnc2)c1. The molecule has 6 heteroatoms. The average molecular weight is 412 g/mol. The first kappa shape index (κ1) is 19.1. The van der Waals surface area contributed by atoms with E-state index in [-0.39, 0.29) is 17.1 Å². The molecule has 3 heterocycles. The predicted octanol–water partition coefficient (Wildman–Crippen LogP) is 4.25. The van der Waals surface area contributed by atoms with E-state index in [1.807, 2.05) is 49.4 Å². The van der Waals surface area contributed by atoms with E-state index in [0.717, 1.165) is 16.7 Å². The van der Waals surface area contributed by atoms with Gasteiger partial charge < -0.3 is 14.1 Å². The second-order valence-electron chi connectivity index (χ2n) is 7.65. The maximum absolute atomic E-state index is 13.6. The highest BCUT2D eigenvalue weighted by molar-refractivity contribution is 5.99. The van der Waals surface area contributed by atoms with Gasteiger partial charge in [0.15, 0.2) is 5.43 Å². The number of benzene rings is 2. The van der Waals surface area contributed by atoms with Crippen LogP contribution in [0, 0.1) is 6.92 Å². The van der Waals surface area contributed by atoms with Gasteiger partial charge in [-0.25, -0.2) is 0 Å². The lowest BCUT2D eigenvalue weighted by atomic mass is 9.97. The van der Waals surface area contributed by atoms with Gasteiger partial charge in [0.05, 0.1) is 24.1 Å². The number of carbonyl (C=O) groups is 1. The molecule has 0 spiro atoms. The molecule has 0 saturated heterocycles. The Balaban J connectivity index is 1.75. The first-order valence-electron chi connectivity index (χ1n) is 9.98. The molecule has 1 atom stereocenters. The Morgan fingerprint density at radius 3 is 2.74 bits per heavy atom. The van der Waals surface area contributed by atoms with Crippen molar-refractivity contribution in [2.75, 3.05) is 7.11 Å². The summed E-state index contributed by atoms with van der Waals surface area (Å²) in [6, 6.07) is 16.0. The van der Waals surface area contributed by atoms with Crippen molar-refractivity contribution in [1.82, 2.24) is 9.88 Å². The van der Waals surface area contributed by atoms with Gasteiger partial charge in [-0.15, -0.1) is 0 Å². The topological polar surface area (TPSA) is 72.6 Å². The number of hydrogen-bond acceptors (Lipinski definition) is 5. The second-order valence-corrected chi connectivity index (χ2v) is 7.65. The van der Waals surface area contributed by atoms with Gasteiger partial charge in [0.25, 0.3) is 5.91 Å². The molecule has 5 rings (SSSR count). The fourth-order valence-electron chi connectivity index (χ4n) is 4.14. The lowest BCUT2D eigenvalue weighted by molar-refractivity contribution is 0.0714. The minimum atomic E-state index is -0.584. The standard InChI is InChI=1S/C25H20N2O4/c1-15-8-9-20-19(11-15)23(28)21-22(17-6-3-7-18(12-17)30-2)27(25(29)24(21)31-20)14-16-5-4-10-26-13-16/h3-13,22H,14H2,1-2H3. The van der Waals surface area contributed by atoms with Crippen LogP contribution < -0.4 is 10.2 Å². The summed E-state index contributed by atoms with van der Waals surface area (Å²) in [5, 5.41) is 0.475. The van der Waals surface area contributed by atoms with E-state index < -0.39 is 6.04 Å². The summed E-state index contributed by atoms with van der Waals surface area (Å²) in [4.78, 5) is 32.8. The predicted molar refractivity (Wildman–Crippen MR) is 116 cm³/mol. The van der Waals surface area contributed by atoms with Gasteiger partial charge in [-0.3, -0.25) is 14.6 Å². The number of aryl methyl sites for hydroxylation is 1. The molecule has 0 fully saturated rings. The van der Waals surface area contributed by atoms with Gasteiger partial charge in [-0.2, -0.15) is 0 Å². The molecule has 154 valence electrons. The Labute approximate surface area is 178 Å². The van der Waals surface area contributed by atoms with Crippen molar-refractivity contribution >= 4 is 16.9 Å². The van der Waals surface area contributed by atoms with Crippen LogP contribution >= 0.6 is 0 Å². The van der Waals surface area contributed by atoms with E-state index in [9.17, 15) is 9.59 Å². The highest BCUT2D eigenvalue weighted by Crippen LogP contribution is 2.39. The highest BCUT2D eigenvalue weighted by Gasteiger charge is 2.42. The average Bonchev–Trinajstić information content (AvgIpc) is 3.07. The van der Waals surface area contributed by atoms with Gasteiger partial charge in [0, 0.05) is 18.9 Å². The third-order valence-electron chi connectivity index (χ3n) is 5.61. The van der Waals surface area contributed by atoms with Gasteiger partial charge in [-0.1, -0.05) is 29.8 Å². The van der Waals surface area contributed by atoms with Crippen molar-refractivity contribution in [1.29, 1.82) is 0 Å². The normalized spacial score (nSPS) is 15.4. The van der Waals surface area contributed by atoms with E-state index in [4.69, 9.17) is 9.15 Å². The van der Waals surface area contributed by atoms with E-state index >= 15 is 0 Å². The van der Waals surface area contributed by atoms with E-state index in [2.05, 4.69) is 4.98 Å². The number of rotatable bonds is 4. The van der Waals surface area contributed by atoms with Crippen molar-refractivity contribution in [3.63, 3.8) is 0 Å². The largest absolute Gasteiger partial charge is 0.497 e. The summed E-state index contributed by atoms with van der Waals surface area (Å²) < 4.78 is 11.4. The molecule has 1 aliphatic rings. The molecule has 1 unspecified atom stereocenters. The maximum Gasteiger partial charge on any atom is 0.291 e. The van der Waals surface area contributed by atoms with Crippen molar-refractivity contribution in [2.24, 2.45) is 0 Å². The van der Waals surface area contributed by atoms with E-state index in [1.54, 1.807) is 36.5 Å². The van der Waals surface area contributed by atoms with Gasteiger partial charge >= 0.3 is 0 Å². The van der Waals surface area contributed by atoms with Crippen LogP contribution in [0.5, 0.6) is 5.75 Å². The number of ether oxygens (including phenoxy) is 1. The summed E-state index contributed by atoms with van der Waals surface area (Å²) in [6.07, 6.45) is 3.40. The summed E-state index contributed by atoms with van der Waals surface area (Å²) in [5.74, 6) is 0.435. The summed E-state index contributed by atoms with van der Waals surface area (Å²) in [7, 11) is 1.59. The first-order valence-corrected chi connectivity index (χ1v) is 9.98. The number of carbonyl (C=O) groups excluding carboxylic acids is 1. The van der Waals surface area contributed by atoms with Gasteiger partial charge in [0.2, 0.25) is 5.76 Å². The van der Waals surface area contributed by atoms with Crippen LogP contribution in [-0.2, 0) is 6.54 Å². The van der Waals surface area contributed by atoms with Crippen LogP contribution in [0.1, 0.15) is 38.9 Å². The molecular weight excluding hydrogens is 392 g/mol. The quantitative estimate of drug-likeness (QED) is 0.501. The van der Waals surface area contributed by atoms with Crippen molar-refractivity contribution in [2.45, 2.75) is 19.5 Å². The number of aromatic nitrogens is 1. The minimum Gasteiger partial charge on any atom is -0.497 e. The number of nitrogens with zero attached hydrogens (tertiary/aromatic N) is 2. The lowest BCUT2D eigenvalue weighted by Gasteiger charge is -2.25. The van der Waals surface area contributed by atoms with Gasteiger partial charge in [-0.05, 0) is 48.4 Å². The Morgan fingerprint density at radius 1 is 1.10 bits per heavy atom. The van der Waals surface area contributed by atoms with E-state index in [0.29, 0.717) is 28.8 Å². The molecule has 6 nitrogen and oxygen atoms in total. The third-order valence-corrected chi connectivity index (χ3v) is 5.61. The molecule has 0 bridgehead atoms. The zero-order chi connectivity index (χ0) is 21.5. The molecule has 0 aliphatic carbocycles. The molecule has 1 aliphatic heterocycles. The van der Waals surface area contributed by atoms with Crippen LogP contribution in [0.2, 0.25) is 0 Å². The smallest absolute Gasteiger partial charge is 0.291 e. The van der Waals surface area contributed by atoms with Crippen molar-refractivity contribution in [3.8, 4) is 5.75 Å². The summed E-state index contributed by atoms with van der Waals surface area (Å²) in [6.45, 7) is 2.22.